The van der Waals surface area contributed by atoms with E-state index in [1.54, 1.807) is 12.3 Å². The highest BCUT2D eigenvalue weighted by atomic mass is 19.1. The summed E-state index contributed by atoms with van der Waals surface area (Å²) in [5.41, 5.74) is 0.681. The first-order valence-electron chi connectivity index (χ1n) is 7.04. The van der Waals surface area contributed by atoms with Crippen molar-refractivity contribution in [1.29, 1.82) is 0 Å². The van der Waals surface area contributed by atoms with Crippen molar-refractivity contribution in [2.75, 3.05) is 18.5 Å². The molecule has 0 radical (unpaired) electrons. The van der Waals surface area contributed by atoms with Gasteiger partial charge in [-0.25, -0.2) is 9.37 Å². The van der Waals surface area contributed by atoms with Crippen LogP contribution in [0.25, 0.3) is 0 Å². The maximum Gasteiger partial charge on any atom is 0.170 e. The molecule has 1 aromatic heterocycles. The quantitative estimate of drug-likeness (QED) is 0.822. The second-order valence-corrected chi connectivity index (χ2v) is 5.50. The smallest absolute Gasteiger partial charge is 0.170 e. The first-order chi connectivity index (χ1) is 8.97. The van der Waals surface area contributed by atoms with Crippen LogP contribution in [0.3, 0.4) is 0 Å². The van der Waals surface area contributed by atoms with Crippen molar-refractivity contribution in [3.05, 3.63) is 23.6 Å². The van der Waals surface area contributed by atoms with Gasteiger partial charge in [0, 0.05) is 31.4 Å². The number of nitrogens with one attached hydrogen (secondary N) is 1. The number of pyridine rings is 1. The summed E-state index contributed by atoms with van der Waals surface area (Å²) in [4.78, 5) is 6.08. The number of hydrogen-bond donors (Lipinski definition) is 1. The maximum atomic E-state index is 14.4. The van der Waals surface area contributed by atoms with Crippen molar-refractivity contribution in [3.63, 3.8) is 0 Å². The molecule has 108 valence electrons. The molecule has 1 heterocycles. The van der Waals surface area contributed by atoms with E-state index in [-0.39, 0.29) is 11.9 Å². The van der Waals surface area contributed by atoms with E-state index in [1.165, 1.54) is 0 Å². The Morgan fingerprint density at radius 1 is 1.37 bits per heavy atom. The minimum Gasteiger partial charge on any atom is -0.355 e. The van der Waals surface area contributed by atoms with E-state index in [0.29, 0.717) is 23.8 Å². The Labute approximate surface area is 116 Å². The molecule has 0 aliphatic rings. The van der Waals surface area contributed by atoms with Crippen LogP contribution < -0.4 is 10.2 Å². The minimum absolute atomic E-state index is 0.207. The van der Waals surface area contributed by atoms with E-state index in [2.05, 4.69) is 38.0 Å². The van der Waals surface area contributed by atoms with Crippen LogP contribution in [0.5, 0.6) is 0 Å². The van der Waals surface area contributed by atoms with Crippen molar-refractivity contribution < 1.29 is 4.39 Å². The zero-order chi connectivity index (χ0) is 14.4. The van der Waals surface area contributed by atoms with Gasteiger partial charge in [-0.2, -0.15) is 0 Å². The van der Waals surface area contributed by atoms with E-state index in [4.69, 9.17) is 0 Å². The molecule has 1 rings (SSSR count). The van der Waals surface area contributed by atoms with Gasteiger partial charge in [0.25, 0.3) is 0 Å². The fraction of sp³-hybridized carbons (Fsp3) is 0.667. The van der Waals surface area contributed by atoms with Gasteiger partial charge in [-0.05, 0) is 31.9 Å². The molecule has 1 aromatic rings. The first-order valence-corrected chi connectivity index (χ1v) is 7.04. The van der Waals surface area contributed by atoms with Crippen LogP contribution in [0.15, 0.2) is 12.3 Å². The summed E-state index contributed by atoms with van der Waals surface area (Å²) in [6, 6.07) is 2.03. The van der Waals surface area contributed by atoms with Crippen LogP contribution in [-0.4, -0.2) is 24.6 Å². The molecule has 1 atom stereocenters. The highest BCUT2D eigenvalue weighted by Crippen LogP contribution is 2.20. The lowest BCUT2D eigenvalue weighted by Gasteiger charge is -2.25. The summed E-state index contributed by atoms with van der Waals surface area (Å²) in [6.07, 6.45) is 2.65. The second-order valence-electron chi connectivity index (χ2n) is 5.50. The molecule has 0 amide bonds. The monoisotopic (exact) mass is 267 g/mol. The summed E-state index contributed by atoms with van der Waals surface area (Å²) < 4.78 is 14.4. The summed E-state index contributed by atoms with van der Waals surface area (Å²) in [6.45, 7) is 9.88. The van der Waals surface area contributed by atoms with Crippen LogP contribution in [0.4, 0.5) is 10.2 Å². The third kappa shape index (κ3) is 4.46. The molecule has 1 N–H and O–H groups in total. The second kappa shape index (κ2) is 7.43. The van der Waals surface area contributed by atoms with Gasteiger partial charge in [0.15, 0.2) is 11.6 Å². The van der Waals surface area contributed by atoms with Crippen LogP contribution in [-0.2, 0) is 6.54 Å². The Balaban J connectivity index is 2.80. The molecule has 0 saturated carbocycles. The summed E-state index contributed by atoms with van der Waals surface area (Å²) in [5, 5.41) is 3.27. The molecule has 19 heavy (non-hydrogen) atoms. The van der Waals surface area contributed by atoms with Gasteiger partial charge in [0.05, 0.1) is 0 Å². The number of anilines is 1. The van der Waals surface area contributed by atoms with Crippen molar-refractivity contribution in [3.8, 4) is 0 Å². The molecular formula is C15H26FN3. The summed E-state index contributed by atoms with van der Waals surface area (Å²) in [5.74, 6) is 0.798. The van der Waals surface area contributed by atoms with E-state index < -0.39 is 0 Å². The number of nitrogens with zero attached hydrogens (tertiary/aromatic N) is 2. The van der Waals surface area contributed by atoms with Gasteiger partial charge in [-0.15, -0.1) is 0 Å². The minimum atomic E-state index is -0.207. The lowest BCUT2D eigenvalue weighted by molar-refractivity contribution is 0.529. The molecule has 1 unspecified atom stereocenters. The van der Waals surface area contributed by atoms with Crippen LogP contribution >= 0.6 is 0 Å². The van der Waals surface area contributed by atoms with E-state index >= 15 is 0 Å². The van der Waals surface area contributed by atoms with Gasteiger partial charge < -0.3 is 10.2 Å². The number of rotatable bonds is 7. The third-order valence-corrected chi connectivity index (χ3v) is 3.40. The summed E-state index contributed by atoms with van der Waals surface area (Å²) >= 11 is 0. The summed E-state index contributed by atoms with van der Waals surface area (Å²) in [7, 11) is 1.89. The molecule has 4 heteroatoms. The zero-order valence-electron chi connectivity index (χ0n) is 12.7. The van der Waals surface area contributed by atoms with Crippen molar-refractivity contribution in [1.82, 2.24) is 10.3 Å². The van der Waals surface area contributed by atoms with Gasteiger partial charge in [0.2, 0.25) is 0 Å². The molecule has 0 aromatic carbocycles. The Bertz CT molecular complexity index is 393. The third-order valence-electron chi connectivity index (χ3n) is 3.40. The standard InChI is InChI=1S/C15H26FN3/c1-6-12(4)19(5)15-14(16)13(7-8-18-15)10-17-9-11(2)3/h7-8,11-12,17H,6,9-10H2,1-5H3. The Morgan fingerprint density at radius 3 is 2.63 bits per heavy atom. The molecule has 0 aliphatic carbocycles. The van der Waals surface area contributed by atoms with Gasteiger partial charge in [0.1, 0.15) is 0 Å². The fourth-order valence-electron chi connectivity index (χ4n) is 1.83. The topological polar surface area (TPSA) is 28.2 Å². The molecule has 3 nitrogen and oxygen atoms in total. The lowest BCUT2D eigenvalue weighted by Crippen LogP contribution is -2.30. The molecule has 0 bridgehead atoms. The van der Waals surface area contributed by atoms with Crippen LogP contribution in [0.2, 0.25) is 0 Å². The number of halogens is 1. The highest BCUT2D eigenvalue weighted by molar-refractivity contribution is 5.43. The Kier molecular flexibility index (Phi) is 6.22. The van der Waals surface area contributed by atoms with Crippen molar-refractivity contribution in [2.24, 2.45) is 5.92 Å². The van der Waals surface area contributed by atoms with Crippen molar-refractivity contribution >= 4 is 5.82 Å². The van der Waals surface area contributed by atoms with Crippen LogP contribution in [0, 0.1) is 11.7 Å². The van der Waals surface area contributed by atoms with E-state index in [9.17, 15) is 4.39 Å². The molecule has 0 fully saturated rings. The highest BCUT2D eigenvalue weighted by Gasteiger charge is 2.16. The molecule has 0 saturated heterocycles. The van der Waals surface area contributed by atoms with Crippen molar-refractivity contribution in [2.45, 2.75) is 46.7 Å². The first kappa shape index (κ1) is 15.9. The molecular weight excluding hydrogens is 241 g/mol. The number of aromatic nitrogens is 1. The largest absolute Gasteiger partial charge is 0.355 e. The predicted molar refractivity (Wildman–Crippen MR) is 78.9 cm³/mol. The molecule has 0 spiro atoms. The fourth-order valence-corrected chi connectivity index (χ4v) is 1.83. The lowest BCUT2D eigenvalue weighted by atomic mass is 10.2. The van der Waals surface area contributed by atoms with E-state index in [0.717, 1.165) is 13.0 Å². The van der Waals surface area contributed by atoms with Gasteiger partial charge in [-0.1, -0.05) is 20.8 Å². The maximum absolute atomic E-state index is 14.4. The Morgan fingerprint density at radius 2 is 2.05 bits per heavy atom. The Hall–Kier alpha value is -1.16. The average molecular weight is 267 g/mol. The SMILES string of the molecule is CCC(C)N(C)c1nccc(CNCC(C)C)c1F. The van der Waals surface area contributed by atoms with Gasteiger partial charge >= 0.3 is 0 Å². The van der Waals surface area contributed by atoms with Crippen LogP contribution in [0.1, 0.15) is 39.7 Å². The predicted octanol–water partition coefficient (Wildman–Crippen LogP) is 3.20. The average Bonchev–Trinajstić information content (AvgIpc) is 2.38. The number of hydrogen-bond acceptors (Lipinski definition) is 3. The normalized spacial score (nSPS) is 12.8. The van der Waals surface area contributed by atoms with E-state index in [1.807, 2.05) is 11.9 Å². The zero-order valence-corrected chi connectivity index (χ0v) is 12.7. The molecule has 0 aliphatic heterocycles. The van der Waals surface area contributed by atoms with Gasteiger partial charge in [-0.3, -0.25) is 0 Å².